The van der Waals surface area contributed by atoms with Crippen LogP contribution in [0.4, 0.5) is 0 Å². The summed E-state index contributed by atoms with van der Waals surface area (Å²) in [5.41, 5.74) is 0.713. The standard InChI is InChI=1S/C14H23N3O/c1-4-14(5-2,18-3)13-15-9-8-12(17-13)10-16-11-6-7-11/h8-9,11,16H,4-7,10H2,1-3H3. The molecule has 0 bridgehead atoms. The van der Waals surface area contributed by atoms with E-state index in [0.717, 1.165) is 30.9 Å². The Morgan fingerprint density at radius 3 is 2.67 bits per heavy atom. The van der Waals surface area contributed by atoms with Crippen LogP contribution in [0, 0.1) is 0 Å². The second-order valence-electron chi connectivity index (χ2n) is 4.93. The summed E-state index contributed by atoms with van der Waals surface area (Å²) in [7, 11) is 1.74. The van der Waals surface area contributed by atoms with Gasteiger partial charge in [-0.25, -0.2) is 9.97 Å². The molecule has 0 spiro atoms. The van der Waals surface area contributed by atoms with E-state index in [0.29, 0.717) is 6.04 Å². The quantitative estimate of drug-likeness (QED) is 0.806. The molecule has 1 fully saturated rings. The van der Waals surface area contributed by atoms with Crippen LogP contribution in [-0.4, -0.2) is 23.1 Å². The lowest BCUT2D eigenvalue weighted by atomic mass is 9.96. The van der Waals surface area contributed by atoms with Gasteiger partial charge in [-0.15, -0.1) is 0 Å². The highest BCUT2D eigenvalue weighted by molar-refractivity contribution is 5.09. The van der Waals surface area contributed by atoms with E-state index >= 15 is 0 Å². The summed E-state index contributed by atoms with van der Waals surface area (Å²) in [5.74, 6) is 0.810. The minimum absolute atomic E-state index is 0.338. The lowest BCUT2D eigenvalue weighted by Crippen LogP contribution is -2.30. The minimum Gasteiger partial charge on any atom is -0.370 e. The predicted molar refractivity (Wildman–Crippen MR) is 71.2 cm³/mol. The van der Waals surface area contributed by atoms with Crippen LogP contribution < -0.4 is 5.32 Å². The fourth-order valence-corrected chi connectivity index (χ4v) is 2.20. The summed E-state index contributed by atoms with van der Waals surface area (Å²) in [5, 5.41) is 3.47. The molecule has 4 heteroatoms. The van der Waals surface area contributed by atoms with Crippen molar-refractivity contribution in [3.63, 3.8) is 0 Å². The Hall–Kier alpha value is -1.00. The Balaban J connectivity index is 2.13. The number of aromatic nitrogens is 2. The summed E-state index contributed by atoms with van der Waals surface area (Å²) < 4.78 is 5.67. The van der Waals surface area contributed by atoms with Crippen LogP contribution in [0.15, 0.2) is 12.3 Å². The lowest BCUT2D eigenvalue weighted by Gasteiger charge is -2.28. The van der Waals surface area contributed by atoms with Gasteiger partial charge in [0, 0.05) is 25.9 Å². The molecule has 0 radical (unpaired) electrons. The average molecular weight is 249 g/mol. The van der Waals surface area contributed by atoms with Crippen LogP contribution in [-0.2, 0) is 16.9 Å². The Morgan fingerprint density at radius 1 is 1.39 bits per heavy atom. The molecule has 0 aromatic carbocycles. The molecule has 100 valence electrons. The van der Waals surface area contributed by atoms with E-state index in [1.54, 1.807) is 7.11 Å². The maximum absolute atomic E-state index is 5.67. The van der Waals surface area contributed by atoms with E-state index in [1.807, 2.05) is 12.3 Å². The molecule has 1 aliphatic rings. The first-order valence-corrected chi connectivity index (χ1v) is 6.85. The summed E-state index contributed by atoms with van der Waals surface area (Å²) in [6.45, 7) is 5.06. The van der Waals surface area contributed by atoms with Gasteiger partial charge < -0.3 is 10.1 Å². The molecule has 1 aliphatic carbocycles. The summed E-state index contributed by atoms with van der Waals surface area (Å²) in [4.78, 5) is 9.06. The lowest BCUT2D eigenvalue weighted by molar-refractivity contribution is -0.0293. The van der Waals surface area contributed by atoms with Crippen molar-refractivity contribution >= 4 is 0 Å². The van der Waals surface area contributed by atoms with Crippen molar-refractivity contribution in [3.8, 4) is 0 Å². The first-order valence-electron chi connectivity index (χ1n) is 6.85. The van der Waals surface area contributed by atoms with E-state index in [2.05, 4.69) is 29.1 Å². The Morgan fingerprint density at radius 2 is 2.11 bits per heavy atom. The Labute approximate surface area is 109 Å². The van der Waals surface area contributed by atoms with Crippen LogP contribution in [0.1, 0.15) is 51.0 Å². The second-order valence-corrected chi connectivity index (χ2v) is 4.93. The van der Waals surface area contributed by atoms with Crippen molar-refractivity contribution in [2.45, 2.75) is 57.7 Å². The molecule has 0 atom stereocenters. The van der Waals surface area contributed by atoms with Crippen LogP contribution >= 0.6 is 0 Å². The number of ether oxygens (including phenoxy) is 1. The summed E-state index contributed by atoms with van der Waals surface area (Å²) >= 11 is 0. The van der Waals surface area contributed by atoms with E-state index < -0.39 is 0 Å². The number of hydrogen-bond acceptors (Lipinski definition) is 4. The number of nitrogens with one attached hydrogen (secondary N) is 1. The van der Waals surface area contributed by atoms with Crippen molar-refractivity contribution in [3.05, 3.63) is 23.8 Å². The predicted octanol–water partition coefficient (Wildman–Crippen LogP) is 2.39. The molecule has 1 heterocycles. The summed E-state index contributed by atoms with van der Waals surface area (Å²) in [6.07, 6.45) is 6.21. The first-order chi connectivity index (χ1) is 8.74. The fraction of sp³-hybridized carbons (Fsp3) is 0.714. The monoisotopic (exact) mass is 249 g/mol. The van der Waals surface area contributed by atoms with Gasteiger partial charge in [0.15, 0.2) is 5.82 Å². The summed E-state index contributed by atoms with van der Waals surface area (Å²) in [6, 6.07) is 2.68. The molecule has 0 aliphatic heterocycles. The molecule has 0 saturated heterocycles. The third-order valence-corrected chi connectivity index (χ3v) is 3.80. The maximum atomic E-state index is 5.67. The minimum atomic E-state index is -0.338. The van der Waals surface area contributed by atoms with E-state index in [-0.39, 0.29) is 5.60 Å². The van der Waals surface area contributed by atoms with Crippen LogP contribution in [0.3, 0.4) is 0 Å². The second kappa shape index (κ2) is 5.76. The van der Waals surface area contributed by atoms with Crippen LogP contribution in [0.2, 0.25) is 0 Å². The van der Waals surface area contributed by atoms with E-state index in [9.17, 15) is 0 Å². The molecule has 2 rings (SSSR count). The normalized spacial score (nSPS) is 15.9. The van der Waals surface area contributed by atoms with Gasteiger partial charge in [0.05, 0.1) is 5.69 Å². The molecular weight excluding hydrogens is 226 g/mol. The molecule has 1 aromatic rings. The highest BCUT2D eigenvalue weighted by atomic mass is 16.5. The third kappa shape index (κ3) is 2.87. The smallest absolute Gasteiger partial charge is 0.160 e. The largest absolute Gasteiger partial charge is 0.370 e. The molecule has 1 saturated carbocycles. The van der Waals surface area contributed by atoms with E-state index in [1.165, 1.54) is 12.8 Å². The first kappa shape index (κ1) is 13.4. The molecule has 1 N–H and O–H groups in total. The average Bonchev–Trinajstić information content (AvgIpc) is 3.24. The van der Waals surface area contributed by atoms with Crippen molar-refractivity contribution < 1.29 is 4.74 Å². The van der Waals surface area contributed by atoms with Crippen molar-refractivity contribution in [2.75, 3.05) is 7.11 Å². The topological polar surface area (TPSA) is 47.0 Å². The molecule has 18 heavy (non-hydrogen) atoms. The van der Waals surface area contributed by atoms with Gasteiger partial charge in [-0.2, -0.15) is 0 Å². The number of rotatable bonds is 7. The highest BCUT2D eigenvalue weighted by Crippen LogP contribution is 2.29. The maximum Gasteiger partial charge on any atom is 0.160 e. The number of methoxy groups -OCH3 is 1. The van der Waals surface area contributed by atoms with Gasteiger partial charge in [0.25, 0.3) is 0 Å². The third-order valence-electron chi connectivity index (χ3n) is 3.80. The Bertz CT molecular complexity index is 378. The molecule has 4 nitrogen and oxygen atoms in total. The van der Waals surface area contributed by atoms with Crippen molar-refractivity contribution in [1.82, 2.24) is 15.3 Å². The van der Waals surface area contributed by atoms with E-state index in [4.69, 9.17) is 4.74 Å². The highest BCUT2D eigenvalue weighted by Gasteiger charge is 2.31. The van der Waals surface area contributed by atoms with Crippen molar-refractivity contribution in [1.29, 1.82) is 0 Å². The van der Waals surface area contributed by atoms with Crippen LogP contribution in [0.5, 0.6) is 0 Å². The van der Waals surface area contributed by atoms with Gasteiger partial charge in [-0.1, -0.05) is 13.8 Å². The van der Waals surface area contributed by atoms with Gasteiger partial charge >= 0.3 is 0 Å². The SMILES string of the molecule is CCC(CC)(OC)c1nccc(CNC2CC2)n1. The molecule has 0 amide bonds. The molecule has 0 unspecified atom stereocenters. The van der Waals surface area contributed by atoms with Gasteiger partial charge in [0.1, 0.15) is 5.60 Å². The zero-order chi connectivity index (χ0) is 13.0. The Kier molecular flexibility index (Phi) is 4.30. The van der Waals surface area contributed by atoms with Gasteiger partial charge in [-0.3, -0.25) is 0 Å². The zero-order valence-corrected chi connectivity index (χ0v) is 11.6. The molecule has 1 aromatic heterocycles. The van der Waals surface area contributed by atoms with Crippen LogP contribution in [0.25, 0.3) is 0 Å². The molecular formula is C14H23N3O. The fourth-order valence-electron chi connectivity index (χ4n) is 2.20. The van der Waals surface area contributed by atoms with Gasteiger partial charge in [0.2, 0.25) is 0 Å². The number of nitrogens with zero attached hydrogens (tertiary/aromatic N) is 2. The van der Waals surface area contributed by atoms with Crippen molar-refractivity contribution in [2.24, 2.45) is 0 Å². The number of hydrogen-bond donors (Lipinski definition) is 1. The van der Waals surface area contributed by atoms with Gasteiger partial charge in [-0.05, 0) is 31.7 Å². The zero-order valence-electron chi connectivity index (χ0n) is 11.6.